The smallest absolute Gasteiger partial charge is 0.340 e. The molecular weight excluding hydrogens is 344 g/mol. The lowest BCUT2D eigenvalue weighted by atomic mass is 10.2. The molecule has 0 atom stereocenters. The lowest BCUT2D eigenvalue weighted by Crippen LogP contribution is -2.34. The van der Waals surface area contributed by atoms with Gasteiger partial charge in [0.15, 0.2) is 6.61 Å². The summed E-state index contributed by atoms with van der Waals surface area (Å²) in [7, 11) is -2.46. The van der Waals surface area contributed by atoms with Gasteiger partial charge in [-0.3, -0.25) is 4.79 Å². The van der Waals surface area contributed by atoms with Crippen LogP contribution in [0.25, 0.3) is 0 Å². The number of halogens is 1. The Labute approximate surface area is 140 Å². The molecule has 1 amide bonds. The summed E-state index contributed by atoms with van der Waals surface area (Å²) in [5, 5.41) is 0.0420. The number of hydrogen-bond donors (Lipinski definition) is 1. The second kappa shape index (κ2) is 8.28. The van der Waals surface area contributed by atoms with Crippen molar-refractivity contribution in [3.8, 4) is 0 Å². The Morgan fingerprint density at radius 2 is 1.87 bits per heavy atom. The number of benzene rings is 1. The number of nitrogens with one attached hydrogen (secondary N) is 1. The van der Waals surface area contributed by atoms with Gasteiger partial charge in [-0.1, -0.05) is 11.6 Å². The lowest BCUT2D eigenvalue weighted by molar-refractivity contribution is -0.134. The van der Waals surface area contributed by atoms with Crippen molar-refractivity contribution in [2.75, 3.05) is 26.7 Å². The highest BCUT2D eigenvalue weighted by atomic mass is 35.5. The molecular formula is C14H19ClN2O5S. The molecule has 1 aromatic rings. The first-order chi connectivity index (χ1) is 10.8. The maximum Gasteiger partial charge on any atom is 0.340 e. The van der Waals surface area contributed by atoms with Crippen molar-refractivity contribution in [2.24, 2.45) is 0 Å². The largest absolute Gasteiger partial charge is 0.452 e. The molecule has 1 rings (SSSR count). The molecule has 0 aliphatic carbocycles. The molecule has 0 aliphatic rings. The highest BCUT2D eigenvalue weighted by Gasteiger charge is 2.20. The Morgan fingerprint density at radius 1 is 1.26 bits per heavy atom. The fourth-order valence-corrected chi connectivity index (χ4v) is 2.77. The van der Waals surface area contributed by atoms with Gasteiger partial charge in [-0.25, -0.2) is 17.9 Å². The average molecular weight is 363 g/mol. The first-order valence-corrected chi connectivity index (χ1v) is 8.80. The topological polar surface area (TPSA) is 92.8 Å². The monoisotopic (exact) mass is 362 g/mol. The summed E-state index contributed by atoms with van der Waals surface area (Å²) in [6, 6.07) is 3.67. The van der Waals surface area contributed by atoms with Crippen LogP contribution in [0, 0.1) is 0 Å². The average Bonchev–Trinajstić information content (AvgIpc) is 2.53. The van der Waals surface area contributed by atoms with Crippen LogP contribution in [0.1, 0.15) is 24.2 Å². The third kappa shape index (κ3) is 4.92. The molecule has 1 N–H and O–H groups in total. The van der Waals surface area contributed by atoms with E-state index in [1.165, 1.54) is 24.1 Å². The summed E-state index contributed by atoms with van der Waals surface area (Å²) in [4.78, 5) is 25.2. The third-order valence-electron chi connectivity index (χ3n) is 3.18. The van der Waals surface area contributed by atoms with Gasteiger partial charge in [-0.15, -0.1) is 0 Å². The van der Waals surface area contributed by atoms with E-state index in [1.807, 2.05) is 13.8 Å². The van der Waals surface area contributed by atoms with E-state index >= 15 is 0 Å². The van der Waals surface area contributed by atoms with Gasteiger partial charge < -0.3 is 9.64 Å². The van der Waals surface area contributed by atoms with E-state index in [4.69, 9.17) is 16.3 Å². The molecule has 1 aromatic carbocycles. The van der Waals surface area contributed by atoms with Gasteiger partial charge in [0.2, 0.25) is 10.0 Å². The number of carbonyl (C=O) groups is 2. The van der Waals surface area contributed by atoms with Crippen molar-refractivity contribution < 1.29 is 22.7 Å². The number of rotatable bonds is 7. The maximum atomic E-state index is 12.0. The zero-order valence-electron chi connectivity index (χ0n) is 13.1. The van der Waals surface area contributed by atoms with Gasteiger partial charge in [0.1, 0.15) is 0 Å². The Hall–Kier alpha value is -1.64. The number of esters is 1. The summed E-state index contributed by atoms with van der Waals surface area (Å²) in [6.45, 7) is 4.20. The second-order valence-corrected chi connectivity index (χ2v) is 6.79. The van der Waals surface area contributed by atoms with E-state index in [1.54, 1.807) is 0 Å². The molecule has 0 unspecified atom stereocenters. The molecule has 7 nitrogen and oxygen atoms in total. The minimum Gasteiger partial charge on any atom is -0.452 e. The highest BCUT2D eigenvalue weighted by Crippen LogP contribution is 2.21. The zero-order chi connectivity index (χ0) is 17.6. The Balaban J connectivity index is 2.92. The second-order valence-electron chi connectivity index (χ2n) is 4.49. The standard InChI is InChI=1S/C14H19ClN2O5S/c1-4-17(5-2)13(18)9-22-14(19)11-8-10(6-7-12(11)15)23(20,21)16-3/h6-8,16H,4-5,9H2,1-3H3. The van der Waals surface area contributed by atoms with E-state index in [-0.39, 0.29) is 21.4 Å². The van der Waals surface area contributed by atoms with Gasteiger partial charge in [-0.05, 0) is 39.1 Å². The third-order valence-corrected chi connectivity index (χ3v) is 4.92. The number of nitrogens with zero attached hydrogens (tertiary/aromatic N) is 1. The van der Waals surface area contributed by atoms with Gasteiger partial charge in [0, 0.05) is 13.1 Å². The molecule has 0 spiro atoms. The van der Waals surface area contributed by atoms with Crippen LogP contribution in [0.5, 0.6) is 0 Å². The predicted octanol–water partition coefficient (Wildman–Crippen LogP) is 1.27. The quantitative estimate of drug-likeness (QED) is 0.737. The SMILES string of the molecule is CCN(CC)C(=O)COC(=O)c1cc(S(=O)(=O)NC)ccc1Cl. The van der Waals surface area contributed by atoms with Crippen LogP contribution in [0.4, 0.5) is 0 Å². The molecule has 0 fully saturated rings. The van der Waals surface area contributed by atoms with E-state index in [0.717, 1.165) is 6.07 Å². The van der Waals surface area contributed by atoms with Gasteiger partial charge in [0.25, 0.3) is 5.91 Å². The molecule has 0 aromatic heterocycles. The number of sulfonamides is 1. The molecule has 0 bridgehead atoms. The molecule has 0 saturated carbocycles. The number of ether oxygens (including phenoxy) is 1. The molecule has 23 heavy (non-hydrogen) atoms. The Morgan fingerprint density at radius 3 is 2.39 bits per heavy atom. The number of hydrogen-bond acceptors (Lipinski definition) is 5. The number of amides is 1. The van der Waals surface area contributed by atoms with Crippen LogP contribution < -0.4 is 4.72 Å². The van der Waals surface area contributed by atoms with E-state index < -0.39 is 22.6 Å². The molecule has 0 saturated heterocycles. The normalized spacial score (nSPS) is 11.1. The fraction of sp³-hybridized carbons (Fsp3) is 0.429. The van der Waals surface area contributed by atoms with Crippen molar-refractivity contribution in [2.45, 2.75) is 18.7 Å². The number of likely N-dealkylation sites (N-methyl/N-ethyl adjacent to an activating group) is 1. The van der Waals surface area contributed by atoms with Crippen LogP contribution in [-0.4, -0.2) is 51.9 Å². The fourth-order valence-electron chi connectivity index (χ4n) is 1.82. The van der Waals surface area contributed by atoms with Crippen LogP contribution >= 0.6 is 11.6 Å². The summed E-state index contributed by atoms with van der Waals surface area (Å²) >= 11 is 5.91. The summed E-state index contributed by atoms with van der Waals surface area (Å²) in [5.41, 5.74) is -0.115. The minimum absolute atomic E-state index is 0.0420. The van der Waals surface area contributed by atoms with Gasteiger partial charge >= 0.3 is 5.97 Å². The predicted molar refractivity (Wildman–Crippen MR) is 85.9 cm³/mol. The molecule has 0 heterocycles. The molecule has 0 aliphatic heterocycles. The molecule has 128 valence electrons. The maximum absolute atomic E-state index is 12.0. The van der Waals surface area contributed by atoms with E-state index in [2.05, 4.69) is 4.72 Å². The first kappa shape index (κ1) is 19.4. The first-order valence-electron chi connectivity index (χ1n) is 6.94. The lowest BCUT2D eigenvalue weighted by Gasteiger charge is -2.18. The Kier molecular flexibility index (Phi) is 6.99. The number of carbonyl (C=O) groups excluding carboxylic acids is 2. The summed E-state index contributed by atoms with van der Waals surface area (Å²) in [5.74, 6) is -1.19. The van der Waals surface area contributed by atoms with Crippen molar-refractivity contribution in [1.82, 2.24) is 9.62 Å². The van der Waals surface area contributed by atoms with Crippen LogP contribution in [0.15, 0.2) is 23.1 Å². The zero-order valence-corrected chi connectivity index (χ0v) is 14.7. The minimum atomic E-state index is -3.72. The Bertz CT molecular complexity index is 686. The van der Waals surface area contributed by atoms with Crippen molar-refractivity contribution >= 4 is 33.5 Å². The highest BCUT2D eigenvalue weighted by molar-refractivity contribution is 7.89. The van der Waals surface area contributed by atoms with Crippen LogP contribution in [0.3, 0.4) is 0 Å². The van der Waals surface area contributed by atoms with E-state index in [0.29, 0.717) is 13.1 Å². The van der Waals surface area contributed by atoms with Crippen LogP contribution in [-0.2, 0) is 19.6 Å². The molecule has 0 radical (unpaired) electrons. The van der Waals surface area contributed by atoms with E-state index in [9.17, 15) is 18.0 Å². The van der Waals surface area contributed by atoms with Crippen LogP contribution in [0.2, 0.25) is 5.02 Å². The summed E-state index contributed by atoms with van der Waals surface area (Å²) < 4.78 is 30.6. The van der Waals surface area contributed by atoms with Gasteiger partial charge in [0.05, 0.1) is 15.5 Å². The van der Waals surface area contributed by atoms with Crippen molar-refractivity contribution in [3.05, 3.63) is 28.8 Å². The van der Waals surface area contributed by atoms with Crippen molar-refractivity contribution in [3.63, 3.8) is 0 Å². The van der Waals surface area contributed by atoms with Gasteiger partial charge in [-0.2, -0.15) is 0 Å². The molecule has 9 heteroatoms. The summed E-state index contributed by atoms with van der Waals surface area (Å²) in [6.07, 6.45) is 0. The van der Waals surface area contributed by atoms with Crippen molar-refractivity contribution in [1.29, 1.82) is 0 Å².